The number of benzene rings is 2. The van der Waals surface area contributed by atoms with Crippen LogP contribution < -0.4 is 14.2 Å². The van der Waals surface area contributed by atoms with E-state index in [4.69, 9.17) is 14.2 Å². The minimum Gasteiger partial charge on any atom is -0.504 e. The van der Waals surface area contributed by atoms with Gasteiger partial charge in [-0.15, -0.1) is 0 Å². The average Bonchev–Trinajstić information content (AvgIpc) is 2.83. The first-order valence-corrected chi connectivity index (χ1v) is 15.1. The third-order valence-electron chi connectivity index (χ3n) is 8.67. The van der Waals surface area contributed by atoms with Crippen molar-refractivity contribution in [1.29, 1.82) is 0 Å². The maximum absolute atomic E-state index is 11.0. The first-order chi connectivity index (χ1) is 18.3. The van der Waals surface area contributed by atoms with Crippen molar-refractivity contribution in [2.75, 3.05) is 0 Å². The molecule has 0 radical (unpaired) electrons. The van der Waals surface area contributed by atoms with Crippen molar-refractivity contribution in [3.05, 3.63) is 34.4 Å². The molecule has 0 saturated carbocycles. The van der Waals surface area contributed by atoms with Crippen LogP contribution in [0.15, 0.2) is 12.1 Å². The van der Waals surface area contributed by atoms with E-state index in [-0.39, 0.29) is 22.7 Å². The summed E-state index contributed by atoms with van der Waals surface area (Å²) in [5.41, 5.74) is 3.08. The van der Waals surface area contributed by atoms with E-state index in [1.165, 1.54) is 12.8 Å². The lowest BCUT2D eigenvalue weighted by atomic mass is 9.86. The molecular weight excluding hydrogens is 488 g/mol. The lowest BCUT2D eigenvalue weighted by Gasteiger charge is -2.38. The Kier molecular flexibility index (Phi) is 8.68. The Hall–Kier alpha value is -2.56. The smallest absolute Gasteiger partial charge is 0.176 e. The minimum absolute atomic E-state index is 0.0715. The molecule has 2 N–H and O–H groups in total. The number of hydrogen-bond acceptors (Lipinski definition) is 5. The fourth-order valence-electron chi connectivity index (χ4n) is 6.23. The second kappa shape index (κ2) is 11.5. The molecule has 2 aromatic rings. The first kappa shape index (κ1) is 29.4. The van der Waals surface area contributed by atoms with Gasteiger partial charge in [0.2, 0.25) is 0 Å². The zero-order valence-electron chi connectivity index (χ0n) is 25.5. The summed E-state index contributed by atoms with van der Waals surface area (Å²) in [5, 5.41) is 22.0. The van der Waals surface area contributed by atoms with Crippen LogP contribution in [0.2, 0.25) is 0 Å². The van der Waals surface area contributed by atoms with Gasteiger partial charge in [0.1, 0.15) is 22.7 Å². The molecule has 0 aromatic heterocycles. The van der Waals surface area contributed by atoms with Crippen molar-refractivity contribution in [3.8, 4) is 34.5 Å². The van der Waals surface area contributed by atoms with Crippen molar-refractivity contribution in [3.63, 3.8) is 0 Å². The van der Waals surface area contributed by atoms with E-state index in [0.717, 1.165) is 85.1 Å². The second-order valence-electron chi connectivity index (χ2n) is 13.5. The highest BCUT2D eigenvalue weighted by atomic mass is 16.5. The predicted octanol–water partition coefficient (Wildman–Crippen LogP) is 9.33. The van der Waals surface area contributed by atoms with Crippen LogP contribution in [-0.4, -0.2) is 21.4 Å². The summed E-state index contributed by atoms with van der Waals surface area (Å²) in [4.78, 5) is 0. The van der Waals surface area contributed by atoms with E-state index in [1.807, 2.05) is 13.8 Å². The molecule has 0 amide bonds. The van der Waals surface area contributed by atoms with Gasteiger partial charge in [0.25, 0.3) is 0 Å². The summed E-state index contributed by atoms with van der Waals surface area (Å²) in [6, 6.07) is 3.43. The highest BCUT2D eigenvalue weighted by Crippen LogP contribution is 2.52. The summed E-state index contributed by atoms with van der Waals surface area (Å²) in [5.74, 6) is 3.87. The molecule has 2 heterocycles. The maximum Gasteiger partial charge on any atom is 0.176 e. The molecule has 39 heavy (non-hydrogen) atoms. The van der Waals surface area contributed by atoms with Gasteiger partial charge in [0, 0.05) is 11.1 Å². The molecule has 2 aliphatic heterocycles. The van der Waals surface area contributed by atoms with E-state index < -0.39 is 0 Å². The van der Waals surface area contributed by atoms with Gasteiger partial charge >= 0.3 is 0 Å². The number of ether oxygens (including phenoxy) is 3. The monoisotopic (exact) mass is 538 g/mol. The second-order valence-corrected chi connectivity index (χ2v) is 13.5. The molecule has 0 spiro atoms. The Morgan fingerprint density at radius 1 is 0.744 bits per heavy atom. The molecule has 5 nitrogen and oxygen atoms in total. The molecule has 0 bridgehead atoms. The van der Waals surface area contributed by atoms with Crippen LogP contribution in [0.4, 0.5) is 0 Å². The SMILES string of the molecule is Cc1cc(O)c(Oc2c(O)cc(C)c3c2CCC(C)(CCCC(C)C)O3)c2c1OC(C)(CCCC(C)C)CC2. The van der Waals surface area contributed by atoms with Crippen LogP contribution in [0.25, 0.3) is 0 Å². The third-order valence-corrected chi connectivity index (χ3v) is 8.67. The number of rotatable bonds is 10. The van der Waals surface area contributed by atoms with Crippen LogP contribution in [0.5, 0.6) is 34.5 Å². The predicted molar refractivity (Wildman–Crippen MR) is 158 cm³/mol. The third kappa shape index (κ3) is 6.61. The van der Waals surface area contributed by atoms with Crippen molar-refractivity contribution < 1.29 is 24.4 Å². The zero-order chi connectivity index (χ0) is 28.5. The highest BCUT2D eigenvalue weighted by Gasteiger charge is 2.37. The van der Waals surface area contributed by atoms with Crippen LogP contribution in [0, 0.1) is 25.7 Å². The Balaban J connectivity index is 1.62. The molecule has 2 aromatic carbocycles. The molecule has 0 fully saturated rings. The molecule has 5 heteroatoms. The molecule has 4 rings (SSSR count). The number of aromatic hydroxyl groups is 2. The molecular formula is C34H50O5. The Bertz CT molecular complexity index is 1090. The van der Waals surface area contributed by atoms with Crippen molar-refractivity contribution in [2.45, 2.75) is 131 Å². The van der Waals surface area contributed by atoms with Gasteiger partial charge in [-0.1, -0.05) is 40.5 Å². The van der Waals surface area contributed by atoms with Crippen LogP contribution in [0.3, 0.4) is 0 Å². The van der Waals surface area contributed by atoms with Crippen LogP contribution >= 0.6 is 0 Å². The Labute approximate surface area is 235 Å². The van der Waals surface area contributed by atoms with Gasteiger partial charge in [0.15, 0.2) is 23.0 Å². The maximum atomic E-state index is 11.0. The van der Waals surface area contributed by atoms with Gasteiger partial charge in [-0.3, -0.25) is 0 Å². The summed E-state index contributed by atoms with van der Waals surface area (Å²) in [7, 11) is 0. The van der Waals surface area contributed by atoms with Crippen LogP contribution in [-0.2, 0) is 12.8 Å². The average molecular weight is 539 g/mol. The summed E-state index contributed by atoms with van der Waals surface area (Å²) >= 11 is 0. The Morgan fingerprint density at radius 2 is 1.13 bits per heavy atom. The fraction of sp³-hybridized carbons (Fsp3) is 0.647. The standard InChI is InChI=1S/C34H50O5/c1-21(2)11-9-15-33(7)17-13-25-29(38-33)23(5)19-27(35)31(25)37-32-26-14-18-34(8,16-10-12-22(3)4)39-30(26)24(6)20-28(32)36/h19-22,35-36H,9-18H2,1-8H3. The number of fused-ring (bicyclic) bond motifs is 2. The number of phenols is 2. The van der Waals surface area contributed by atoms with Crippen molar-refractivity contribution in [1.82, 2.24) is 0 Å². The van der Waals surface area contributed by atoms with Crippen molar-refractivity contribution >= 4 is 0 Å². The first-order valence-electron chi connectivity index (χ1n) is 15.1. The highest BCUT2D eigenvalue weighted by molar-refractivity contribution is 5.64. The molecule has 2 atom stereocenters. The van der Waals surface area contributed by atoms with Gasteiger partial charge in [-0.2, -0.15) is 0 Å². The Morgan fingerprint density at radius 3 is 1.49 bits per heavy atom. The van der Waals surface area contributed by atoms with E-state index in [9.17, 15) is 10.2 Å². The van der Waals surface area contributed by atoms with E-state index in [2.05, 4.69) is 41.5 Å². The molecule has 2 aliphatic rings. The zero-order valence-corrected chi connectivity index (χ0v) is 25.5. The van der Waals surface area contributed by atoms with Crippen LogP contribution in [0.1, 0.15) is 115 Å². The lowest BCUT2D eigenvalue weighted by Crippen LogP contribution is -2.37. The largest absolute Gasteiger partial charge is 0.504 e. The topological polar surface area (TPSA) is 68.2 Å². The molecule has 0 saturated heterocycles. The summed E-state index contributed by atoms with van der Waals surface area (Å²) in [6.45, 7) is 17.4. The minimum atomic E-state index is -0.236. The van der Waals surface area contributed by atoms with E-state index in [0.29, 0.717) is 23.3 Å². The fourth-order valence-corrected chi connectivity index (χ4v) is 6.23. The van der Waals surface area contributed by atoms with Gasteiger partial charge in [0.05, 0.1) is 0 Å². The molecule has 0 aliphatic carbocycles. The normalized spacial score (nSPS) is 22.3. The molecule has 2 unspecified atom stereocenters. The van der Waals surface area contributed by atoms with Gasteiger partial charge < -0.3 is 24.4 Å². The van der Waals surface area contributed by atoms with Crippen molar-refractivity contribution in [2.24, 2.45) is 11.8 Å². The number of aryl methyl sites for hydroxylation is 2. The van der Waals surface area contributed by atoms with Gasteiger partial charge in [-0.05, 0) is 114 Å². The molecule has 216 valence electrons. The van der Waals surface area contributed by atoms with Gasteiger partial charge in [-0.25, -0.2) is 0 Å². The lowest BCUT2D eigenvalue weighted by molar-refractivity contribution is 0.0502. The summed E-state index contributed by atoms with van der Waals surface area (Å²) in [6.07, 6.45) is 9.83. The summed E-state index contributed by atoms with van der Waals surface area (Å²) < 4.78 is 19.7. The van der Waals surface area contributed by atoms with E-state index >= 15 is 0 Å². The number of phenolic OH excluding ortho intramolecular Hbond substituents is 2. The van der Waals surface area contributed by atoms with E-state index in [1.54, 1.807) is 12.1 Å². The number of hydrogen-bond donors (Lipinski definition) is 2. The quantitative estimate of drug-likeness (QED) is 0.315.